The van der Waals surface area contributed by atoms with Crippen LogP contribution in [0, 0.1) is 0 Å². The number of likely N-dealkylation sites (N-methyl/N-ethyl adjacent to an activating group) is 1. The number of amides is 2. The van der Waals surface area contributed by atoms with E-state index in [1.165, 1.54) is 25.3 Å². The summed E-state index contributed by atoms with van der Waals surface area (Å²) in [5.41, 5.74) is 0.316. The van der Waals surface area contributed by atoms with Crippen LogP contribution in [0.5, 0.6) is 5.75 Å². The Morgan fingerprint density at radius 1 is 1.30 bits per heavy atom. The molecule has 0 saturated carbocycles. The maximum atomic E-state index is 12.0. The average molecular weight is 331 g/mol. The van der Waals surface area contributed by atoms with E-state index in [1.807, 2.05) is 0 Å². The van der Waals surface area contributed by atoms with Crippen LogP contribution in [0.3, 0.4) is 0 Å². The molecule has 1 fully saturated rings. The highest BCUT2D eigenvalue weighted by molar-refractivity contribution is 7.80. The number of rotatable bonds is 1. The van der Waals surface area contributed by atoms with Gasteiger partial charge in [0.15, 0.2) is 10.9 Å². The minimum Gasteiger partial charge on any atom is -0.505 e. The fourth-order valence-electron chi connectivity index (χ4n) is 1.58. The number of hydrogen-bond donors (Lipinski definition) is 2. The summed E-state index contributed by atoms with van der Waals surface area (Å²) < 4.78 is 0. The van der Waals surface area contributed by atoms with Crippen molar-refractivity contribution in [1.82, 2.24) is 10.2 Å². The van der Waals surface area contributed by atoms with Crippen molar-refractivity contribution in [1.29, 1.82) is 0 Å². The number of nitrogens with one attached hydrogen (secondary N) is 1. The normalized spacial score (nSPS) is 17.6. The van der Waals surface area contributed by atoms with E-state index in [0.717, 1.165) is 4.90 Å². The number of carbonyl (C=O) groups is 2. The van der Waals surface area contributed by atoms with Gasteiger partial charge < -0.3 is 5.11 Å². The Morgan fingerprint density at radius 2 is 1.85 bits per heavy atom. The van der Waals surface area contributed by atoms with Crippen molar-refractivity contribution < 1.29 is 14.7 Å². The molecule has 8 heteroatoms. The second kappa shape index (κ2) is 5.40. The zero-order valence-electron chi connectivity index (χ0n) is 10.1. The number of phenolic OH excluding ortho intramolecular Hbond substituents is 1. The first-order chi connectivity index (χ1) is 9.31. The number of nitrogens with zero attached hydrogens (tertiary/aromatic N) is 1. The van der Waals surface area contributed by atoms with E-state index in [4.69, 9.17) is 35.4 Å². The van der Waals surface area contributed by atoms with Crippen LogP contribution in [0.1, 0.15) is 5.56 Å². The van der Waals surface area contributed by atoms with Crippen LogP contribution in [0.2, 0.25) is 10.0 Å². The Hall–Kier alpha value is -1.63. The first-order valence-electron chi connectivity index (χ1n) is 5.34. The molecule has 1 aliphatic heterocycles. The van der Waals surface area contributed by atoms with E-state index in [-0.39, 0.29) is 26.5 Å². The molecule has 0 radical (unpaired) electrons. The van der Waals surface area contributed by atoms with Crippen LogP contribution < -0.4 is 5.32 Å². The predicted molar refractivity (Wildman–Crippen MR) is 79.6 cm³/mol. The highest BCUT2D eigenvalue weighted by Crippen LogP contribution is 2.33. The maximum Gasteiger partial charge on any atom is 0.265 e. The van der Waals surface area contributed by atoms with Gasteiger partial charge in [-0.15, -0.1) is 0 Å². The lowest BCUT2D eigenvalue weighted by Crippen LogP contribution is -2.52. The Morgan fingerprint density at radius 3 is 2.40 bits per heavy atom. The lowest BCUT2D eigenvalue weighted by molar-refractivity contribution is -0.128. The Balaban J connectivity index is 2.47. The van der Waals surface area contributed by atoms with Gasteiger partial charge in [0.05, 0.1) is 10.0 Å². The van der Waals surface area contributed by atoms with Gasteiger partial charge in [-0.05, 0) is 36.0 Å². The molecule has 0 bridgehead atoms. The lowest BCUT2D eigenvalue weighted by atomic mass is 10.1. The molecule has 2 amide bonds. The van der Waals surface area contributed by atoms with E-state index < -0.39 is 11.8 Å². The zero-order valence-corrected chi connectivity index (χ0v) is 12.4. The molecule has 0 aromatic heterocycles. The van der Waals surface area contributed by atoms with Crippen LogP contribution in [0.4, 0.5) is 0 Å². The van der Waals surface area contributed by atoms with Crippen molar-refractivity contribution in [2.75, 3.05) is 7.05 Å². The van der Waals surface area contributed by atoms with E-state index >= 15 is 0 Å². The maximum absolute atomic E-state index is 12.0. The minimum absolute atomic E-state index is 0.0249. The first kappa shape index (κ1) is 14.8. The largest absolute Gasteiger partial charge is 0.505 e. The van der Waals surface area contributed by atoms with E-state index in [1.54, 1.807) is 0 Å². The van der Waals surface area contributed by atoms with Gasteiger partial charge in [0.2, 0.25) is 0 Å². The third-order valence-corrected chi connectivity index (χ3v) is 3.61. The zero-order chi connectivity index (χ0) is 15.0. The van der Waals surface area contributed by atoms with Crippen molar-refractivity contribution >= 4 is 58.4 Å². The van der Waals surface area contributed by atoms with Gasteiger partial charge in [0, 0.05) is 7.05 Å². The topological polar surface area (TPSA) is 69.6 Å². The van der Waals surface area contributed by atoms with Gasteiger partial charge in [-0.25, -0.2) is 0 Å². The summed E-state index contributed by atoms with van der Waals surface area (Å²) in [5, 5.41) is 11.9. The molecule has 1 aromatic carbocycles. The highest BCUT2D eigenvalue weighted by Gasteiger charge is 2.30. The minimum atomic E-state index is -0.599. The van der Waals surface area contributed by atoms with Crippen LogP contribution in [0.25, 0.3) is 6.08 Å². The average Bonchev–Trinajstić information content (AvgIpc) is 2.38. The molecule has 0 aliphatic carbocycles. The molecule has 1 heterocycles. The Bertz CT molecular complexity index is 650. The SMILES string of the molecule is CN1C(=O)/C(=C/c2cc(Cl)c(O)c(Cl)c2)C(=O)NC1=S. The molecule has 0 spiro atoms. The molecule has 5 nitrogen and oxygen atoms in total. The van der Waals surface area contributed by atoms with Crippen LogP contribution in [-0.4, -0.2) is 34.0 Å². The summed E-state index contributed by atoms with van der Waals surface area (Å²) in [5.74, 6) is -1.38. The first-order valence-corrected chi connectivity index (χ1v) is 6.50. The molecule has 2 N–H and O–H groups in total. The molecule has 1 aliphatic rings. The van der Waals surface area contributed by atoms with E-state index in [2.05, 4.69) is 5.32 Å². The number of halogens is 2. The van der Waals surface area contributed by atoms with Crippen molar-refractivity contribution in [2.24, 2.45) is 0 Å². The lowest BCUT2D eigenvalue weighted by Gasteiger charge is -2.25. The van der Waals surface area contributed by atoms with Crippen molar-refractivity contribution in [3.63, 3.8) is 0 Å². The highest BCUT2D eigenvalue weighted by atomic mass is 35.5. The summed E-state index contributed by atoms with van der Waals surface area (Å²) in [6.45, 7) is 0. The molecule has 1 aromatic rings. The number of thiocarbonyl (C=S) groups is 1. The van der Waals surface area contributed by atoms with Gasteiger partial charge in [-0.2, -0.15) is 0 Å². The number of hydrogen-bond acceptors (Lipinski definition) is 4. The molecule has 0 unspecified atom stereocenters. The fraction of sp³-hybridized carbons (Fsp3) is 0.0833. The molecule has 20 heavy (non-hydrogen) atoms. The smallest absolute Gasteiger partial charge is 0.265 e. The summed E-state index contributed by atoms with van der Waals surface area (Å²) in [6.07, 6.45) is 1.33. The molecule has 0 atom stereocenters. The number of aromatic hydroxyl groups is 1. The quantitative estimate of drug-likeness (QED) is 0.469. The Labute approximate surface area is 129 Å². The molecule has 1 saturated heterocycles. The monoisotopic (exact) mass is 330 g/mol. The van der Waals surface area contributed by atoms with Crippen molar-refractivity contribution in [3.05, 3.63) is 33.3 Å². The van der Waals surface area contributed by atoms with Crippen molar-refractivity contribution in [2.45, 2.75) is 0 Å². The van der Waals surface area contributed by atoms with E-state index in [0.29, 0.717) is 5.56 Å². The third-order valence-electron chi connectivity index (χ3n) is 2.65. The van der Waals surface area contributed by atoms with Crippen LogP contribution in [0.15, 0.2) is 17.7 Å². The van der Waals surface area contributed by atoms with Gasteiger partial charge >= 0.3 is 0 Å². The second-order valence-corrected chi connectivity index (χ2v) is 5.22. The summed E-state index contributed by atoms with van der Waals surface area (Å²) in [6, 6.07) is 2.78. The number of carbonyl (C=O) groups excluding carboxylic acids is 2. The predicted octanol–water partition coefficient (Wildman–Crippen LogP) is 1.96. The van der Waals surface area contributed by atoms with Crippen LogP contribution in [-0.2, 0) is 9.59 Å². The van der Waals surface area contributed by atoms with Crippen LogP contribution >= 0.6 is 35.4 Å². The number of benzene rings is 1. The van der Waals surface area contributed by atoms with Gasteiger partial charge in [-0.1, -0.05) is 23.2 Å². The van der Waals surface area contributed by atoms with Gasteiger partial charge in [-0.3, -0.25) is 19.8 Å². The summed E-state index contributed by atoms with van der Waals surface area (Å²) in [7, 11) is 1.45. The van der Waals surface area contributed by atoms with Crippen molar-refractivity contribution in [3.8, 4) is 5.75 Å². The Kier molecular flexibility index (Phi) is 3.99. The standard InChI is InChI=1S/C12H8Cl2N2O3S/c1-16-11(19)6(10(18)15-12(16)20)2-5-3-7(13)9(17)8(14)4-5/h2-4,17H,1H3,(H,15,18,20)/b6-2+. The molecular weight excluding hydrogens is 323 g/mol. The summed E-state index contributed by atoms with van der Waals surface area (Å²) >= 11 is 16.4. The molecular formula is C12H8Cl2N2O3S. The number of phenols is 1. The second-order valence-electron chi connectivity index (χ2n) is 4.01. The van der Waals surface area contributed by atoms with E-state index in [9.17, 15) is 14.7 Å². The fourth-order valence-corrected chi connectivity index (χ4v) is 2.26. The molecule has 104 valence electrons. The molecule has 2 rings (SSSR count). The van der Waals surface area contributed by atoms with Gasteiger partial charge in [0.25, 0.3) is 11.8 Å². The summed E-state index contributed by atoms with van der Waals surface area (Å²) in [4.78, 5) is 24.9. The van der Waals surface area contributed by atoms with Gasteiger partial charge in [0.1, 0.15) is 5.57 Å². The third kappa shape index (κ3) is 2.63.